The highest BCUT2D eigenvalue weighted by Gasteiger charge is 2.24. The Labute approximate surface area is 137 Å². The monoisotopic (exact) mass is 451 g/mol. The number of likely N-dealkylation sites (tertiary alicyclic amines) is 1. The van der Waals surface area contributed by atoms with Crippen molar-refractivity contribution >= 4 is 49.4 Å². The summed E-state index contributed by atoms with van der Waals surface area (Å²) in [6.07, 6.45) is 0.929. The van der Waals surface area contributed by atoms with Gasteiger partial charge in [-0.1, -0.05) is 0 Å². The third-order valence-electron chi connectivity index (χ3n) is 3.63. The van der Waals surface area contributed by atoms with E-state index in [1.807, 2.05) is 29.6 Å². The molecule has 1 fully saturated rings. The van der Waals surface area contributed by atoms with Gasteiger partial charge in [-0.15, -0.1) is 0 Å². The molecule has 1 unspecified atom stereocenters. The van der Waals surface area contributed by atoms with Crippen LogP contribution in [-0.2, 0) is 0 Å². The highest BCUT2D eigenvalue weighted by Crippen LogP contribution is 2.29. The number of nitrogens with one attached hydrogen (secondary N) is 1. The van der Waals surface area contributed by atoms with Gasteiger partial charge in [0, 0.05) is 16.0 Å². The third-order valence-corrected chi connectivity index (χ3v) is 6.00. The lowest BCUT2D eigenvalue weighted by Gasteiger charge is -2.11. The maximum Gasteiger partial charge on any atom is 0.258 e. The second-order valence-electron chi connectivity index (χ2n) is 5.08. The maximum absolute atomic E-state index is 14.3. The molecule has 3 rings (SSSR count). The van der Waals surface area contributed by atoms with Gasteiger partial charge >= 0.3 is 0 Å². The van der Waals surface area contributed by atoms with Crippen molar-refractivity contribution < 1.29 is 4.39 Å². The minimum Gasteiger partial charge on any atom is -0.310 e. The van der Waals surface area contributed by atoms with Crippen LogP contribution in [-0.4, -0.2) is 35.0 Å². The van der Waals surface area contributed by atoms with Crippen molar-refractivity contribution in [1.29, 1.82) is 0 Å². The van der Waals surface area contributed by atoms with E-state index in [0.717, 1.165) is 19.5 Å². The summed E-state index contributed by atoms with van der Waals surface area (Å²) in [6, 6.07) is 1.65. The molecule has 0 aliphatic carbocycles. The van der Waals surface area contributed by atoms with Gasteiger partial charge < -0.3 is 9.88 Å². The number of H-pyrrole nitrogens is 1. The fraction of sp³-hybridized carbons (Fsp3) is 0.385. The molecule has 1 saturated heterocycles. The van der Waals surface area contributed by atoms with Gasteiger partial charge in [0.25, 0.3) is 5.56 Å². The van der Waals surface area contributed by atoms with E-state index in [1.165, 1.54) is 0 Å². The molecular weight excluding hydrogens is 440 g/mol. The van der Waals surface area contributed by atoms with E-state index < -0.39 is 5.82 Å². The van der Waals surface area contributed by atoms with E-state index in [9.17, 15) is 9.18 Å². The van der Waals surface area contributed by atoms with Crippen molar-refractivity contribution in [1.82, 2.24) is 14.9 Å². The van der Waals surface area contributed by atoms with Crippen LogP contribution < -0.4 is 5.56 Å². The van der Waals surface area contributed by atoms with Gasteiger partial charge in [-0.25, -0.2) is 9.37 Å². The van der Waals surface area contributed by atoms with E-state index in [1.54, 1.807) is 6.07 Å². The molecule has 1 aliphatic heterocycles. The van der Waals surface area contributed by atoms with Crippen molar-refractivity contribution in [2.45, 2.75) is 12.3 Å². The van der Waals surface area contributed by atoms with Crippen LogP contribution in [0, 0.1) is 9.39 Å². The van der Waals surface area contributed by atoms with Crippen LogP contribution in [0.1, 0.15) is 18.2 Å². The molecule has 1 N–H and O–H groups in total. The number of hydrogen-bond donors (Lipinski definition) is 1. The summed E-state index contributed by atoms with van der Waals surface area (Å²) in [5.41, 5.74) is -0.130. The number of hydrogen-bond acceptors (Lipinski definition) is 3. The van der Waals surface area contributed by atoms with E-state index in [0.29, 0.717) is 19.3 Å². The lowest BCUT2D eigenvalue weighted by atomic mass is 10.1. The molecule has 1 aromatic carbocycles. The second-order valence-corrected chi connectivity index (χ2v) is 7.04. The first kappa shape index (κ1) is 14.4. The summed E-state index contributed by atoms with van der Waals surface area (Å²) < 4.78 is 15.3. The zero-order valence-electron chi connectivity index (χ0n) is 10.7. The van der Waals surface area contributed by atoms with E-state index >= 15 is 0 Å². The first-order chi connectivity index (χ1) is 9.47. The summed E-state index contributed by atoms with van der Waals surface area (Å²) in [7, 11) is 2.03. The standard InChI is InChI=1S/C13H12BrFIN3O/c1-19-3-2-6(5-19)12-17-11-7(13(20)18-12)4-8(16)9(14)10(11)15/h4,6H,2-3,5H2,1H3,(H,17,18,20). The van der Waals surface area contributed by atoms with Gasteiger partial charge in [0.1, 0.15) is 11.3 Å². The number of benzene rings is 1. The van der Waals surface area contributed by atoms with Gasteiger partial charge in [0.05, 0.1) is 9.86 Å². The predicted octanol–water partition coefficient (Wildman–Crippen LogP) is 2.85. The largest absolute Gasteiger partial charge is 0.310 e. The number of rotatable bonds is 1. The molecule has 1 aliphatic rings. The molecule has 2 aromatic rings. The molecule has 0 spiro atoms. The Morgan fingerprint density at radius 2 is 2.35 bits per heavy atom. The maximum atomic E-state index is 14.3. The van der Waals surface area contributed by atoms with E-state index in [-0.39, 0.29) is 17.0 Å². The first-order valence-electron chi connectivity index (χ1n) is 6.23. The quantitative estimate of drug-likeness (QED) is 0.535. The molecule has 0 saturated carbocycles. The van der Waals surface area contributed by atoms with Gasteiger partial charge in [0.15, 0.2) is 5.82 Å². The van der Waals surface area contributed by atoms with Crippen LogP contribution in [0.3, 0.4) is 0 Å². The van der Waals surface area contributed by atoms with Gasteiger partial charge in [-0.3, -0.25) is 4.79 Å². The zero-order chi connectivity index (χ0) is 14.4. The third kappa shape index (κ3) is 2.39. The predicted molar refractivity (Wildman–Crippen MR) is 87.6 cm³/mol. The van der Waals surface area contributed by atoms with Crippen LogP contribution in [0.2, 0.25) is 0 Å². The summed E-state index contributed by atoms with van der Waals surface area (Å²) >= 11 is 5.19. The second kappa shape index (κ2) is 5.34. The van der Waals surface area contributed by atoms with Crippen LogP contribution in [0.5, 0.6) is 0 Å². The highest BCUT2D eigenvalue weighted by atomic mass is 127. The first-order valence-corrected chi connectivity index (χ1v) is 8.10. The SMILES string of the molecule is CN1CCC(c2nc3c(F)c(Br)c(I)cc3c(=O)[nH]2)C1. The number of aromatic amines is 1. The molecule has 1 atom stereocenters. The summed E-state index contributed by atoms with van der Waals surface area (Å²) in [5.74, 6) is 0.277. The lowest BCUT2D eigenvalue weighted by Crippen LogP contribution is -2.18. The highest BCUT2D eigenvalue weighted by molar-refractivity contribution is 14.1. The Morgan fingerprint density at radius 3 is 3.00 bits per heavy atom. The molecule has 1 aromatic heterocycles. The average molecular weight is 452 g/mol. The summed E-state index contributed by atoms with van der Waals surface area (Å²) in [5, 5.41) is 0.296. The number of halogens is 3. The van der Waals surface area contributed by atoms with Crippen molar-refractivity contribution in [2.24, 2.45) is 0 Å². The van der Waals surface area contributed by atoms with Gasteiger partial charge in [-0.2, -0.15) is 0 Å². The Morgan fingerprint density at radius 1 is 1.60 bits per heavy atom. The van der Waals surface area contributed by atoms with Crippen LogP contribution in [0.15, 0.2) is 15.3 Å². The number of nitrogens with zero attached hydrogens (tertiary/aromatic N) is 2. The summed E-state index contributed by atoms with van der Waals surface area (Å²) in [6.45, 7) is 1.80. The van der Waals surface area contributed by atoms with Crippen LogP contribution in [0.25, 0.3) is 10.9 Å². The zero-order valence-corrected chi connectivity index (χ0v) is 14.5. The summed E-state index contributed by atoms with van der Waals surface area (Å²) in [4.78, 5) is 21.5. The Bertz CT molecular complexity index is 748. The lowest BCUT2D eigenvalue weighted by molar-refractivity contribution is 0.409. The molecule has 7 heteroatoms. The minimum atomic E-state index is -0.467. The fourth-order valence-electron chi connectivity index (χ4n) is 2.55. The number of likely N-dealkylation sites (N-methyl/N-ethyl adjacent to an activating group) is 1. The Kier molecular flexibility index (Phi) is 3.85. The minimum absolute atomic E-state index is 0.144. The molecule has 0 radical (unpaired) electrons. The normalized spacial score (nSPS) is 19.9. The Balaban J connectivity index is 2.21. The Hall–Kier alpha value is -0.540. The number of fused-ring (bicyclic) bond motifs is 1. The topological polar surface area (TPSA) is 49.0 Å². The van der Waals surface area contributed by atoms with Crippen molar-refractivity contribution in [3.63, 3.8) is 0 Å². The van der Waals surface area contributed by atoms with Crippen molar-refractivity contribution in [3.05, 3.63) is 36.1 Å². The molecule has 0 amide bonds. The molecule has 106 valence electrons. The fourth-order valence-corrected chi connectivity index (χ4v) is 3.40. The van der Waals surface area contributed by atoms with E-state index in [2.05, 4.69) is 30.8 Å². The smallest absolute Gasteiger partial charge is 0.258 e. The molecule has 20 heavy (non-hydrogen) atoms. The molecule has 0 bridgehead atoms. The van der Waals surface area contributed by atoms with Gasteiger partial charge in [-0.05, 0) is 64.6 Å². The van der Waals surface area contributed by atoms with Gasteiger partial charge in [0.2, 0.25) is 0 Å². The van der Waals surface area contributed by atoms with Crippen LogP contribution in [0.4, 0.5) is 4.39 Å². The molecular formula is C13H12BrFIN3O. The number of aromatic nitrogens is 2. The van der Waals surface area contributed by atoms with Crippen LogP contribution >= 0.6 is 38.5 Å². The molecule has 4 nitrogen and oxygen atoms in total. The van der Waals surface area contributed by atoms with E-state index in [4.69, 9.17) is 0 Å². The van der Waals surface area contributed by atoms with Crippen molar-refractivity contribution in [2.75, 3.05) is 20.1 Å². The molecule has 2 heterocycles. The van der Waals surface area contributed by atoms with Crippen molar-refractivity contribution in [3.8, 4) is 0 Å². The average Bonchev–Trinajstić information content (AvgIpc) is 2.84.